The van der Waals surface area contributed by atoms with Crippen molar-refractivity contribution in [2.75, 3.05) is 6.54 Å². The van der Waals surface area contributed by atoms with Crippen molar-refractivity contribution in [2.45, 2.75) is 18.9 Å². The van der Waals surface area contributed by atoms with E-state index in [0.717, 1.165) is 19.4 Å². The van der Waals surface area contributed by atoms with Gasteiger partial charge in [-0.1, -0.05) is 6.08 Å². The fourth-order valence-electron chi connectivity index (χ4n) is 1.80. The number of hydrogen-bond acceptors (Lipinski definition) is 1. The van der Waals surface area contributed by atoms with E-state index in [0.29, 0.717) is 11.8 Å². The van der Waals surface area contributed by atoms with Gasteiger partial charge in [0.25, 0.3) is 0 Å². The number of carbonyl (C=O) groups is 1. The van der Waals surface area contributed by atoms with Crippen LogP contribution in [0.3, 0.4) is 0 Å². The summed E-state index contributed by atoms with van der Waals surface area (Å²) in [5, 5.41) is 0. The first-order valence-electron chi connectivity index (χ1n) is 3.77. The van der Waals surface area contributed by atoms with Gasteiger partial charge in [0.2, 0.25) is 5.91 Å². The molecule has 2 nitrogen and oxygen atoms in total. The molecule has 2 aliphatic heterocycles. The molecule has 0 aromatic heterocycles. The molecule has 2 aliphatic rings. The molecule has 2 heteroatoms. The van der Waals surface area contributed by atoms with Crippen LogP contribution in [0.4, 0.5) is 0 Å². The van der Waals surface area contributed by atoms with E-state index in [9.17, 15) is 4.79 Å². The monoisotopic (exact) mass is 137 g/mol. The fourth-order valence-corrected chi connectivity index (χ4v) is 1.80. The minimum atomic E-state index is 0.228. The standard InChI is InChI=1S/C8H11NO/c1-2-6-4-3-5-9-7(6)8(9)10/h2,6-7H,1,3-5H2/t6-,7+,9?/m1/s1. The third-order valence-electron chi connectivity index (χ3n) is 2.45. The molecule has 2 rings (SSSR count). The zero-order chi connectivity index (χ0) is 7.14. The number of amides is 1. The fraction of sp³-hybridized carbons (Fsp3) is 0.625. The predicted molar refractivity (Wildman–Crippen MR) is 38.4 cm³/mol. The van der Waals surface area contributed by atoms with Gasteiger partial charge in [0.1, 0.15) is 6.04 Å². The van der Waals surface area contributed by atoms with Crippen LogP contribution in [0.1, 0.15) is 12.8 Å². The molecule has 2 saturated heterocycles. The third-order valence-corrected chi connectivity index (χ3v) is 2.45. The molecule has 54 valence electrons. The van der Waals surface area contributed by atoms with Crippen LogP contribution in [0.2, 0.25) is 0 Å². The first-order chi connectivity index (χ1) is 4.84. The Bertz CT molecular complexity index is 188. The van der Waals surface area contributed by atoms with E-state index in [4.69, 9.17) is 0 Å². The van der Waals surface area contributed by atoms with E-state index in [-0.39, 0.29) is 6.04 Å². The molecule has 2 heterocycles. The van der Waals surface area contributed by atoms with Gasteiger partial charge in [-0.25, -0.2) is 0 Å². The second-order valence-corrected chi connectivity index (χ2v) is 3.02. The molecule has 0 radical (unpaired) electrons. The van der Waals surface area contributed by atoms with Crippen LogP contribution in [0.25, 0.3) is 0 Å². The molecule has 0 bridgehead atoms. The van der Waals surface area contributed by atoms with Crippen LogP contribution in [-0.2, 0) is 4.79 Å². The molecule has 0 unspecified atom stereocenters. The van der Waals surface area contributed by atoms with E-state index < -0.39 is 0 Å². The van der Waals surface area contributed by atoms with Gasteiger partial charge < -0.3 is 4.90 Å². The molecule has 2 fully saturated rings. The molecule has 0 aliphatic carbocycles. The van der Waals surface area contributed by atoms with E-state index >= 15 is 0 Å². The van der Waals surface area contributed by atoms with Crippen molar-refractivity contribution in [1.29, 1.82) is 0 Å². The number of piperidine rings is 1. The number of nitrogens with zero attached hydrogens (tertiary/aromatic N) is 1. The van der Waals surface area contributed by atoms with Crippen molar-refractivity contribution < 1.29 is 4.79 Å². The third kappa shape index (κ3) is 0.618. The SMILES string of the molecule is C=C[C@@H]1CCCN2C(=O)[C@H]12. The molecule has 0 N–H and O–H groups in total. The number of rotatable bonds is 1. The number of carbonyl (C=O) groups excluding carboxylic acids is 1. The highest BCUT2D eigenvalue weighted by atomic mass is 16.2. The second kappa shape index (κ2) is 1.84. The first-order valence-corrected chi connectivity index (χ1v) is 3.77. The zero-order valence-electron chi connectivity index (χ0n) is 5.92. The van der Waals surface area contributed by atoms with Crippen LogP contribution in [-0.4, -0.2) is 23.4 Å². The Balaban J connectivity index is 2.11. The van der Waals surface area contributed by atoms with Crippen molar-refractivity contribution in [3.63, 3.8) is 0 Å². The summed E-state index contributed by atoms with van der Waals surface area (Å²) in [6.07, 6.45) is 4.22. The lowest BCUT2D eigenvalue weighted by atomic mass is 9.97. The van der Waals surface area contributed by atoms with Crippen molar-refractivity contribution in [3.05, 3.63) is 12.7 Å². The lowest BCUT2D eigenvalue weighted by Crippen LogP contribution is -2.18. The van der Waals surface area contributed by atoms with Gasteiger partial charge in [-0.05, 0) is 12.8 Å². The Labute approximate surface area is 60.5 Å². The maximum absolute atomic E-state index is 11.0. The van der Waals surface area contributed by atoms with Gasteiger partial charge in [0, 0.05) is 12.5 Å². The first kappa shape index (κ1) is 5.96. The van der Waals surface area contributed by atoms with Crippen LogP contribution in [0.5, 0.6) is 0 Å². The lowest BCUT2D eigenvalue weighted by molar-refractivity contribution is -0.113. The summed E-state index contributed by atoms with van der Waals surface area (Å²) < 4.78 is 0. The summed E-state index contributed by atoms with van der Waals surface area (Å²) in [5.41, 5.74) is 0. The van der Waals surface area contributed by atoms with Crippen LogP contribution >= 0.6 is 0 Å². The Morgan fingerprint density at radius 1 is 1.70 bits per heavy atom. The molecule has 2 atom stereocenters. The average molecular weight is 137 g/mol. The summed E-state index contributed by atoms with van der Waals surface area (Å²) in [7, 11) is 0. The van der Waals surface area contributed by atoms with Crippen LogP contribution < -0.4 is 0 Å². The van der Waals surface area contributed by atoms with Crippen molar-refractivity contribution >= 4 is 5.91 Å². The molecule has 0 aromatic carbocycles. The lowest BCUT2D eigenvalue weighted by Gasteiger charge is -2.16. The smallest absolute Gasteiger partial charge is 0.246 e. The van der Waals surface area contributed by atoms with Crippen molar-refractivity contribution in [3.8, 4) is 0 Å². The Morgan fingerprint density at radius 3 is 3.10 bits per heavy atom. The van der Waals surface area contributed by atoms with E-state index in [1.165, 1.54) is 0 Å². The van der Waals surface area contributed by atoms with Gasteiger partial charge in [-0.15, -0.1) is 6.58 Å². The van der Waals surface area contributed by atoms with Gasteiger partial charge >= 0.3 is 0 Å². The van der Waals surface area contributed by atoms with Gasteiger partial charge in [-0.3, -0.25) is 4.79 Å². The Hall–Kier alpha value is -0.790. The maximum atomic E-state index is 11.0. The highest BCUT2D eigenvalue weighted by molar-refractivity contribution is 5.97. The Morgan fingerprint density at radius 2 is 2.50 bits per heavy atom. The van der Waals surface area contributed by atoms with Crippen LogP contribution in [0.15, 0.2) is 12.7 Å². The molecule has 1 amide bonds. The molecular formula is C8H11NO. The number of fused-ring (bicyclic) bond motifs is 1. The summed E-state index contributed by atoms with van der Waals surface area (Å²) in [6.45, 7) is 4.70. The van der Waals surface area contributed by atoms with Crippen molar-refractivity contribution in [2.24, 2.45) is 5.92 Å². The average Bonchev–Trinajstić information content (AvgIpc) is 2.63. The van der Waals surface area contributed by atoms with Gasteiger partial charge in [-0.2, -0.15) is 0 Å². The minimum Gasteiger partial charge on any atom is -0.328 e. The molecule has 0 aromatic rings. The van der Waals surface area contributed by atoms with Crippen LogP contribution in [0, 0.1) is 5.92 Å². The zero-order valence-corrected chi connectivity index (χ0v) is 5.92. The molecule has 0 saturated carbocycles. The largest absolute Gasteiger partial charge is 0.328 e. The normalized spacial score (nSPS) is 37.2. The highest BCUT2D eigenvalue weighted by Crippen LogP contribution is 2.35. The second-order valence-electron chi connectivity index (χ2n) is 3.02. The van der Waals surface area contributed by atoms with E-state index in [1.807, 2.05) is 11.0 Å². The Kier molecular flexibility index (Phi) is 1.10. The van der Waals surface area contributed by atoms with E-state index in [1.54, 1.807) is 0 Å². The maximum Gasteiger partial charge on any atom is 0.246 e. The molecule has 0 spiro atoms. The minimum absolute atomic E-state index is 0.228. The predicted octanol–water partition coefficient (Wildman–Crippen LogP) is 0.793. The summed E-state index contributed by atoms with van der Waals surface area (Å²) >= 11 is 0. The number of hydrogen-bond donors (Lipinski definition) is 0. The van der Waals surface area contributed by atoms with Gasteiger partial charge in [0.15, 0.2) is 0 Å². The quantitative estimate of drug-likeness (QED) is 0.386. The molecular weight excluding hydrogens is 126 g/mol. The summed E-state index contributed by atoms with van der Waals surface area (Å²) in [4.78, 5) is 12.9. The van der Waals surface area contributed by atoms with Gasteiger partial charge in [0.05, 0.1) is 0 Å². The summed E-state index contributed by atoms with van der Waals surface area (Å²) in [5.74, 6) is 0.781. The summed E-state index contributed by atoms with van der Waals surface area (Å²) in [6, 6.07) is 0.228. The topological polar surface area (TPSA) is 20.1 Å². The molecule has 10 heavy (non-hydrogen) atoms. The van der Waals surface area contributed by atoms with E-state index in [2.05, 4.69) is 6.58 Å². The highest BCUT2D eigenvalue weighted by Gasteiger charge is 2.51. The van der Waals surface area contributed by atoms with Crippen molar-refractivity contribution in [1.82, 2.24) is 4.90 Å².